The van der Waals surface area contributed by atoms with Gasteiger partial charge in [0.1, 0.15) is 20.1 Å². The fourth-order valence-corrected chi connectivity index (χ4v) is 2.25. The largest absolute Gasteiger partial charge is 0.393 e. The van der Waals surface area contributed by atoms with Crippen LogP contribution in [0.5, 0.6) is 0 Å². The van der Waals surface area contributed by atoms with Crippen LogP contribution in [-0.2, 0) is 14.2 Å². The van der Waals surface area contributed by atoms with Gasteiger partial charge in [0.2, 0.25) is 0 Å². The normalized spacial score (nSPS) is 45.1. The second kappa shape index (κ2) is 3.61. The average Bonchev–Trinajstić information content (AvgIpc) is 2.64. The van der Waals surface area contributed by atoms with Crippen molar-refractivity contribution in [2.75, 3.05) is 6.61 Å². The number of fused-ring (bicyclic) bond motifs is 1. The van der Waals surface area contributed by atoms with Gasteiger partial charge in [0.15, 0.2) is 11.5 Å². The van der Waals surface area contributed by atoms with Crippen molar-refractivity contribution in [2.24, 2.45) is 5.11 Å². The van der Waals surface area contributed by atoms with Crippen LogP contribution in [0, 0.1) is 0 Å². The molecular formula is C8H14BN3O4. The molecule has 2 aliphatic rings. The first-order valence-electron chi connectivity index (χ1n) is 5.15. The summed E-state index contributed by atoms with van der Waals surface area (Å²) in [6, 6.07) is -0.288. The van der Waals surface area contributed by atoms with E-state index in [1.54, 1.807) is 21.7 Å². The molecule has 0 spiro atoms. The molecule has 88 valence electrons. The molecule has 2 rings (SSSR count). The Morgan fingerprint density at radius 1 is 1.44 bits per heavy atom. The second-order valence-corrected chi connectivity index (χ2v) is 4.54. The zero-order valence-electron chi connectivity index (χ0n) is 9.45. The summed E-state index contributed by atoms with van der Waals surface area (Å²) in [4.78, 5) is 2.71. The van der Waals surface area contributed by atoms with Gasteiger partial charge in [-0.05, 0) is 19.4 Å². The Morgan fingerprint density at radius 3 is 2.69 bits per heavy atom. The molecule has 0 aliphatic carbocycles. The molecule has 0 radical (unpaired) electrons. The van der Waals surface area contributed by atoms with E-state index in [1.807, 2.05) is 0 Å². The van der Waals surface area contributed by atoms with Crippen molar-refractivity contribution >= 4 is 7.85 Å². The number of aliphatic hydroxyl groups excluding tert-OH is 1. The van der Waals surface area contributed by atoms with Crippen LogP contribution in [0.4, 0.5) is 0 Å². The molecule has 0 amide bonds. The maximum absolute atomic E-state index is 9.36. The van der Waals surface area contributed by atoms with E-state index < -0.39 is 24.2 Å². The summed E-state index contributed by atoms with van der Waals surface area (Å²) >= 11 is 0. The number of ether oxygens (including phenoxy) is 3. The lowest BCUT2D eigenvalue weighted by Crippen LogP contribution is -2.44. The van der Waals surface area contributed by atoms with Crippen molar-refractivity contribution in [3.8, 4) is 0 Å². The number of rotatable bonds is 2. The highest BCUT2D eigenvalue weighted by Crippen LogP contribution is 2.43. The van der Waals surface area contributed by atoms with Crippen LogP contribution in [0.1, 0.15) is 13.8 Å². The van der Waals surface area contributed by atoms with Crippen molar-refractivity contribution in [1.29, 1.82) is 0 Å². The number of aliphatic hydroxyl groups is 1. The highest BCUT2D eigenvalue weighted by molar-refractivity contribution is 6.11. The summed E-state index contributed by atoms with van der Waals surface area (Å²) in [7, 11) is 1.80. The first kappa shape index (κ1) is 11.7. The van der Waals surface area contributed by atoms with E-state index in [-0.39, 0.29) is 12.1 Å². The smallest absolute Gasteiger partial charge is 0.198 e. The minimum atomic E-state index is -1.37. The minimum Gasteiger partial charge on any atom is -0.393 e. The second-order valence-electron chi connectivity index (χ2n) is 4.54. The molecule has 0 aromatic carbocycles. The Bertz CT molecular complexity index is 346. The summed E-state index contributed by atoms with van der Waals surface area (Å²) < 4.78 is 16.8. The van der Waals surface area contributed by atoms with E-state index in [2.05, 4.69) is 10.0 Å². The van der Waals surface area contributed by atoms with Gasteiger partial charge in [-0.1, -0.05) is 5.11 Å². The van der Waals surface area contributed by atoms with Gasteiger partial charge in [-0.2, -0.15) is 0 Å². The van der Waals surface area contributed by atoms with Crippen LogP contribution >= 0.6 is 0 Å². The van der Waals surface area contributed by atoms with E-state index in [9.17, 15) is 5.11 Å². The van der Waals surface area contributed by atoms with Crippen molar-refractivity contribution in [3.05, 3.63) is 10.4 Å². The molecule has 16 heavy (non-hydrogen) atoms. The van der Waals surface area contributed by atoms with Crippen LogP contribution in [0.2, 0.25) is 0 Å². The van der Waals surface area contributed by atoms with Crippen LogP contribution in [-0.4, -0.2) is 49.3 Å². The van der Waals surface area contributed by atoms with Gasteiger partial charge in [0.05, 0.1) is 12.6 Å². The van der Waals surface area contributed by atoms with Gasteiger partial charge in [0, 0.05) is 4.91 Å². The molecule has 2 saturated heterocycles. The fraction of sp³-hybridized carbons (Fsp3) is 1.00. The third-order valence-corrected chi connectivity index (χ3v) is 2.87. The summed E-state index contributed by atoms with van der Waals surface area (Å²) in [5.41, 5.74) is 7.16. The maximum atomic E-state index is 9.36. The molecule has 4 atom stereocenters. The van der Waals surface area contributed by atoms with E-state index in [0.717, 1.165) is 0 Å². The van der Waals surface area contributed by atoms with E-state index >= 15 is 0 Å². The van der Waals surface area contributed by atoms with Crippen LogP contribution in [0.15, 0.2) is 5.11 Å². The highest BCUT2D eigenvalue weighted by atomic mass is 16.8. The minimum absolute atomic E-state index is 0.288. The average molecular weight is 227 g/mol. The Balaban J connectivity index is 2.34. The van der Waals surface area contributed by atoms with Gasteiger partial charge >= 0.3 is 0 Å². The Hall–Kier alpha value is -0.785. The van der Waals surface area contributed by atoms with Crippen LogP contribution < -0.4 is 0 Å². The summed E-state index contributed by atoms with van der Waals surface area (Å²) in [5, 5.41) is 12.9. The molecule has 0 unspecified atom stereocenters. The van der Waals surface area contributed by atoms with Gasteiger partial charge in [-0.25, -0.2) is 0 Å². The third-order valence-electron chi connectivity index (χ3n) is 2.87. The molecular weight excluding hydrogens is 213 g/mol. The summed E-state index contributed by atoms with van der Waals surface area (Å²) in [5.74, 6) is -0.751. The molecule has 7 nitrogen and oxygen atoms in total. The Morgan fingerprint density at radius 2 is 2.12 bits per heavy atom. The van der Waals surface area contributed by atoms with Crippen molar-refractivity contribution < 1.29 is 19.3 Å². The molecule has 1 N–H and O–H groups in total. The summed E-state index contributed by atoms with van der Waals surface area (Å²) in [6.07, 6.45) is -0.897. The quantitative estimate of drug-likeness (QED) is 0.297. The predicted molar refractivity (Wildman–Crippen MR) is 56.2 cm³/mol. The predicted octanol–water partition coefficient (Wildman–Crippen LogP) is -0.505. The van der Waals surface area contributed by atoms with E-state index in [4.69, 9.17) is 19.7 Å². The van der Waals surface area contributed by atoms with E-state index in [1.165, 1.54) is 0 Å². The number of azide groups is 1. The lowest BCUT2D eigenvalue weighted by molar-refractivity contribution is -0.205. The molecule has 0 aromatic heterocycles. The molecule has 0 saturated carbocycles. The topological polar surface area (TPSA) is 96.7 Å². The molecule has 8 heteroatoms. The Labute approximate surface area is 93.7 Å². The zero-order chi connectivity index (χ0) is 12.0. The number of hydrogen-bond donors (Lipinski definition) is 1. The molecule has 0 aromatic rings. The van der Waals surface area contributed by atoms with E-state index in [0.29, 0.717) is 0 Å². The first-order chi connectivity index (χ1) is 7.44. The van der Waals surface area contributed by atoms with Crippen molar-refractivity contribution in [2.45, 2.75) is 43.6 Å². The van der Waals surface area contributed by atoms with Crippen LogP contribution in [0.25, 0.3) is 10.4 Å². The lowest BCUT2D eigenvalue weighted by Gasteiger charge is -2.28. The lowest BCUT2D eigenvalue weighted by atomic mass is 9.92. The molecule has 2 heterocycles. The monoisotopic (exact) mass is 227 g/mol. The SMILES string of the molecule is B[C@@H]1O[C@@](CO)(N=[N+]=[N-])[C@H]2OC(C)(C)O[C@@H]12. The van der Waals surface area contributed by atoms with Gasteiger partial charge in [0.25, 0.3) is 0 Å². The third kappa shape index (κ3) is 1.59. The first-order valence-corrected chi connectivity index (χ1v) is 5.15. The van der Waals surface area contributed by atoms with Gasteiger partial charge < -0.3 is 19.3 Å². The Kier molecular flexibility index (Phi) is 2.64. The number of nitrogens with zero attached hydrogens (tertiary/aromatic N) is 3. The molecule has 2 fully saturated rings. The zero-order valence-corrected chi connectivity index (χ0v) is 9.45. The van der Waals surface area contributed by atoms with Crippen molar-refractivity contribution in [1.82, 2.24) is 0 Å². The summed E-state index contributed by atoms with van der Waals surface area (Å²) in [6.45, 7) is 3.12. The van der Waals surface area contributed by atoms with Crippen molar-refractivity contribution in [3.63, 3.8) is 0 Å². The molecule has 2 aliphatic heterocycles. The van der Waals surface area contributed by atoms with Crippen LogP contribution in [0.3, 0.4) is 0 Å². The standard InChI is InChI=1S/C8H14BN3O4/c1-7(2)14-4-5(15-7)8(3-13,11-12-10)16-6(4)9/h4-6,13H,3,9H2,1-2H3/t4-,5+,6-,8-/m1/s1. The fourth-order valence-electron chi connectivity index (χ4n) is 2.25. The molecule has 0 bridgehead atoms. The number of hydrogen-bond acceptors (Lipinski definition) is 5. The highest BCUT2D eigenvalue weighted by Gasteiger charge is 2.61. The van der Waals surface area contributed by atoms with Gasteiger partial charge in [-0.15, -0.1) is 0 Å². The van der Waals surface area contributed by atoms with Gasteiger partial charge in [-0.3, -0.25) is 0 Å². The maximum Gasteiger partial charge on any atom is 0.198 e.